The second kappa shape index (κ2) is 9.14. The van der Waals surface area contributed by atoms with Crippen LogP contribution in [-0.2, 0) is 32.8 Å². The van der Waals surface area contributed by atoms with Crippen molar-refractivity contribution in [3.05, 3.63) is 107 Å². The lowest BCUT2D eigenvalue weighted by Crippen LogP contribution is -2.45. The SMILES string of the molecule is O=S(=O)(O)OCC[N+]1=Cc2ccccc2C(Cc2ccccc2)(Cc2ccccc2)C1. The maximum absolute atomic E-state index is 11.0. The first-order valence-electron chi connectivity index (χ1n) is 10.3. The second-order valence-electron chi connectivity index (χ2n) is 8.04. The highest BCUT2D eigenvalue weighted by Crippen LogP contribution is 2.36. The van der Waals surface area contributed by atoms with Gasteiger partial charge in [0.2, 0.25) is 0 Å². The Balaban J connectivity index is 1.73. The summed E-state index contributed by atoms with van der Waals surface area (Å²) in [5.74, 6) is 0. The Morgan fingerprint density at radius 2 is 1.39 bits per heavy atom. The number of fused-ring (bicyclic) bond motifs is 1. The number of rotatable bonds is 8. The predicted molar refractivity (Wildman–Crippen MR) is 121 cm³/mol. The van der Waals surface area contributed by atoms with Crippen LogP contribution in [0.15, 0.2) is 84.9 Å². The molecule has 0 bridgehead atoms. The molecule has 1 aliphatic heterocycles. The molecule has 3 aromatic carbocycles. The summed E-state index contributed by atoms with van der Waals surface area (Å²) < 4.78 is 37.6. The van der Waals surface area contributed by atoms with Gasteiger partial charge in [-0.2, -0.15) is 8.42 Å². The lowest BCUT2D eigenvalue weighted by Gasteiger charge is -2.36. The van der Waals surface area contributed by atoms with Gasteiger partial charge in [-0.1, -0.05) is 78.9 Å². The highest BCUT2D eigenvalue weighted by atomic mass is 32.3. The molecule has 5 nitrogen and oxygen atoms in total. The molecule has 6 heteroatoms. The third-order valence-electron chi connectivity index (χ3n) is 5.74. The van der Waals surface area contributed by atoms with E-state index in [-0.39, 0.29) is 12.0 Å². The Labute approximate surface area is 183 Å². The molecule has 0 aliphatic carbocycles. The van der Waals surface area contributed by atoms with Crippen molar-refractivity contribution in [3.63, 3.8) is 0 Å². The first kappa shape index (κ1) is 21.4. The van der Waals surface area contributed by atoms with Crippen molar-refractivity contribution in [2.45, 2.75) is 18.3 Å². The summed E-state index contributed by atoms with van der Waals surface area (Å²) >= 11 is 0. The quantitative estimate of drug-likeness (QED) is 0.432. The van der Waals surface area contributed by atoms with Crippen LogP contribution < -0.4 is 0 Å². The van der Waals surface area contributed by atoms with Crippen LogP contribution in [0.4, 0.5) is 0 Å². The molecule has 1 aliphatic rings. The van der Waals surface area contributed by atoms with Crippen LogP contribution in [0.1, 0.15) is 22.3 Å². The van der Waals surface area contributed by atoms with E-state index in [1.165, 1.54) is 16.7 Å². The molecule has 0 spiro atoms. The number of hydrogen-bond acceptors (Lipinski definition) is 3. The molecule has 0 atom stereocenters. The monoisotopic (exact) mass is 436 g/mol. The van der Waals surface area contributed by atoms with Gasteiger partial charge in [0.05, 0.1) is 5.41 Å². The number of hydrogen-bond donors (Lipinski definition) is 1. The maximum atomic E-state index is 11.0. The minimum atomic E-state index is -4.45. The fraction of sp³-hybridized carbons (Fsp3) is 0.240. The Morgan fingerprint density at radius 3 is 1.97 bits per heavy atom. The topological polar surface area (TPSA) is 66.6 Å². The third-order valence-corrected chi connectivity index (χ3v) is 6.21. The van der Waals surface area contributed by atoms with E-state index in [1.54, 1.807) is 0 Å². The fourth-order valence-corrected chi connectivity index (χ4v) is 4.84. The first-order chi connectivity index (χ1) is 14.9. The van der Waals surface area contributed by atoms with E-state index < -0.39 is 10.4 Å². The van der Waals surface area contributed by atoms with Crippen LogP contribution in [0.2, 0.25) is 0 Å². The molecule has 0 saturated heterocycles. The van der Waals surface area contributed by atoms with Crippen LogP contribution in [-0.4, -0.2) is 43.5 Å². The van der Waals surface area contributed by atoms with Gasteiger partial charge in [-0.3, -0.25) is 4.55 Å². The zero-order chi connectivity index (χ0) is 21.7. The van der Waals surface area contributed by atoms with Gasteiger partial charge in [0.15, 0.2) is 19.3 Å². The van der Waals surface area contributed by atoms with E-state index in [0.29, 0.717) is 13.1 Å². The van der Waals surface area contributed by atoms with Crippen molar-refractivity contribution in [2.24, 2.45) is 0 Å². The van der Waals surface area contributed by atoms with E-state index in [0.717, 1.165) is 18.4 Å². The van der Waals surface area contributed by atoms with Crippen LogP contribution in [0, 0.1) is 0 Å². The summed E-state index contributed by atoms with van der Waals surface area (Å²) in [6.07, 6.45) is 3.75. The molecule has 0 amide bonds. The summed E-state index contributed by atoms with van der Waals surface area (Å²) in [6, 6.07) is 29.3. The van der Waals surface area contributed by atoms with Crippen molar-refractivity contribution >= 4 is 16.6 Å². The van der Waals surface area contributed by atoms with E-state index in [4.69, 9.17) is 4.55 Å². The molecule has 3 aromatic rings. The number of benzene rings is 3. The standard InChI is InChI=1S/C25H25NO4S/c27-31(28,29)30-16-15-26-19-23-13-7-8-14-24(23)25(20-26,17-21-9-3-1-4-10-21)18-22-11-5-2-6-12-22/h1-14,19H,15-18,20H2/p+1. The van der Waals surface area contributed by atoms with Gasteiger partial charge in [-0.05, 0) is 35.6 Å². The number of nitrogens with zero attached hydrogens (tertiary/aromatic N) is 1. The van der Waals surface area contributed by atoms with Crippen molar-refractivity contribution in [2.75, 3.05) is 19.7 Å². The van der Waals surface area contributed by atoms with E-state index in [2.05, 4.69) is 81.7 Å². The lowest BCUT2D eigenvalue weighted by atomic mass is 9.68. The molecule has 0 aromatic heterocycles. The van der Waals surface area contributed by atoms with E-state index >= 15 is 0 Å². The minimum absolute atomic E-state index is 0.107. The highest BCUT2D eigenvalue weighted by Gasteiger charge is 2.41. The Kier molecular flexibility index (Phi) is 6.32. The first-order valence-corrected chi connectivity index (χ1v) is 11.7. The van der Waals surface area contributed by atoms with Crippen molar-refractivity contribution < 1.29 is 21.7 Å². The van der Waals surface area contributed by atoms with Crippen molar-refractivity contribution in [1.29, 1.82) is 0 Å². The molecule has 4 rings (SSSR count). The van der Waals surface area contributed by atoms with Gasteiger partial charge in [-0.15, -0.1) is 0 Å². The van der Waals surface area contributed by atoms with Gasteiger partial charge in [0.1, 0.15) is 6.61 Å². The average molecular weight is 437 g/mol. The minimum Gasteiger partial charge on any atom is -0.264 e. The van der Waals surface area contributed by atoms with Crippen molar-refractivity contribution in [1.82, 2.24) is 0 Å². The summed E-state index contributed by atoms with van der Waals surface area (Å²) in [4.78, 5) is 0. The summed E-state index contributed by atoms with van der Waals surface area (Å²) in [7, 11) is -4.45. The van der Waals surface area contributed by atoms with Gasteiger partial charge in [0.25, 0.3) is 0 Å². The molecular formula is C25H26NO4S+. The molecule has 0 unspecified atom stereocenters. The Hall–Kier alpha value is -2.80. The van der Waals surface area contributed by atoms with Gasteiger partial charge in [0, 0.05) is 5.56 Å². The maximum Gasteiger partial charge on any atom is 0.397 e. The van der Waals surface area contributed by atoms with Crippen LogP contribution in [0.3, 0.4) is 0 Å². The second-order valence-corrected chi connectivity index (χ2v) is 9.13. The zero-order valence-corrected chi connectivity index (χ0v) is 18.0. The lowest BCUT2D eigenvalue weighted by molar-refractivity contribution is -0.536. The van der Waals surface area contributed by atoms with Crippen LogP contribution in [0.5, 0.6) is 0 Å². The average Bonchev–Trinajstić information content (AvgIpc) is 2.74. The molecule has 0 radical (unpaired) electrons. The van der Waals surface area contributed by atoms with Gasteiger partial charge in [-0.25, -0.2) is 8.76 Å². The molecule has 31 heavy (non-hydrogen) atoms. The smallest absolute Gasteiger partial charge is 0.264 e. The van der Waals surface area contributed by atoms with Crippen LogP contribution in [0.25, 0.3) is 0 Å². The molecule has 1 heterocycles. The zero-order valence-electron chi connectivity index (χ0n) is 17.2. The van der Waals surface area contributed by atoms with Crippen molar-refractivity contribution in [3.8, 4) is 0 Å². The third kappa shape index (κ3) is 5.47. The van der Waals surface area contributed by atoms with Gasteiger partial charge < -0.3 is 0 Å². The summed E-state index contributed by atoms with van der Waals surface area (Å²) in [6.45, 7) is 0.965. The molecule has 1 N–H and O–H groups in total. The predicted octanol–water partition coefficient (Wildman–Crippen LogP) is 3.67. The van der Waals surface area contributed by atoms with E-state index in [1.807, 2.05) is 18.2 Å². The summed E-state index contributed by atoms with van der Waals surface area (Å²) in [5.41, 5.74) is 4.71. The van der Waals surface area contributed by atoms with E-state index in [9.17, 15) is 8.42 Å². The molecular weight excluding hydrogens is 410 g/mol. The summed E-state index contributed by atoms with van der Waals surface area (Å²) in [5, 5.41) is 0. The molecule has 0 fully saturated rings. The molecule has 0 saturated carbocycles. The Bertz CT molecular complexity index is 1120. The fourth-order valence-electron chi connectivity index (χ4n) is 4.55. The normalized spacial score (nSPS) is 15.2. The van der Waals surface area contributed by atoms with Crippen LogP contribution >= 0.6 is 0 Å². The highest BCUT2D eigenvalue weighted by molar-refractivity contribution is 7.80. The molecule has 160 valence electrons. The largest absolute Gasteiger partial charge is 0.397 e. The Morgan fingerprint density at radius 1 is 0.839 bits per heavy atom. The van der Waals surface area contributed by atoms with Gasteiger partial charge >= 0.3 is 10.4 Å².